The van der Waals surface area contributed by atoms with Crippen LogP contribution in [-0.2, 0) is 16.1 Å². The number of fused-ring (bicyclic) bond motifs is 1. The Balaban J connectivity index is 2.06. The summed E-state index contributed by atoms with van der Waals surface area (Å²) in [5.74, 6) is -1.26. The predicted octanol–water partition coefficient (Wildman–Crippen LogP) is 1.22. The number of nitrogens with one attached hydrogen (secondary N) is 1. The Bertz CT molecular complexity index is 763. The van der Waals surface area contributed by atoms with Crippen molar-refractivity contribution < 1.29 is 14.7 Å². The van der Waals surface area contributed by atoms with E-state index in [9.17, 15) is 14.4 Å². The van der Waals surface area contributed by atoms with Gasteiger partial charge in [-0.2, -0.15) is 0 Å². The zero-order valence-corrected chi connectivity index (χ0v) is 13.1. The molecule has 2 rings (SSSR count). The van der Waals surface area contributed by atoms with E-state index in [4.69, 9.17) is 5.11 Å². The van der Waals surface area contributed by atoms with Crippen molar-refractivity contribution in [2.45, 2.75) is 38.8 Å². The molecular weight excluding hydrogens is 306 g/mol. The molecule has 2 heterocycles. The van der Waals surface area contributed by atoms with Crippen molar-refractivity contribution in [3.63, 3.8) is 0 Å². The number of aromatic nitrogens is 2. The van der Waals surface area contributed by atoms with E-state index >= 15 is 0 Å². The third kappa shape index (κ3) is 3.91. The van der Waals surface area contributed by atoms with Gasteiger partial charge in [0.15, 0.2) is 0 Å². The molecule has 118 valence electrons. The largest absolute Gasteiger partial charge is 0.481 e. The average molecular weight is 323 g/mol. The molecule has 2 aromatic heterocycles. The van der Waals surface area contributed by atoms with Gasteiger partial charge >= 0.3 is 5.97 Å². The van der Waals surface area contributed by atoms with Gasteiger partial charge in [-0.15, -0.1) is 11.3 Å². The smallest absolute Gasteiger partial charge is 0.303 e. The third-order valence-corrected chi connectivity index (χ3v) is 4.03. The molecule has 0 radical (unpaired) electrons. The fraction of sp³-hybridized carbons (Fsp3) is 0.429. The molecule has 0 spiro atoms. The van der Waals surface area contributed by atoms with Gasteiger partial charge < -0.3 is 10.4 Å². The minimum absolute atomic E-state index is 0.0321. The van der Waals surface area contributed by atoms with Crippen LogP contribution in [0.2, 0.25) is 0 Å². The second-order valence-electron chi connectivity index (χ2n) is 5.64. The number of carbonyl (C=O) groups is 2. The highest BCUT2D eigenvalue weighted by molar-refractivity contribution is 7.16. The Morgan fingerprint density at radius 3 is 2.86 bits per heavy atom. The minimum Gasteiger partial charge on any atom is -0.481 e. The molecule has 1 amide bonds. The maximum absolute atomic E-state index is 12.2. The van der Waals surface area contributed by atoms with Gasteiger partial charge in [0, 0.05) is 12.0 Å². The lowest BCUT2D eigenvalue weighted by atomic mass is 9.98. The highest BCUT2D eigenvalue weighted by Crippen LogP contribution is 2.13. The predicted molar refractivity (Wildman–Crippen MR) is 83.0 cm³/mol. The zero-order chi connectivity index (χ0) is 16.3. The second-order valence-corrected chi connectivity index (χ2v) is 6.54. The van der Waals surface area contributed by atoms with Crippen molar-refractivity contribution in [1.29, 1.82) is 0 Å². The van der Waals surface area contributed by atoms with E-state index in [0.717, 1.165) is 0 Å². The van der Waals surface area contributed by atoms with Crippen LogP contribution in [-0.4, -0.2) is 32.1 Å². The van der Waals surface area contributed by atoms with Crippen LogP contribution in [0.15, 0.2) is 22.6 Å². The van der Waals surface area contributed by atoms with Crippen molar-refractivity contribution >= 4 is 33.4 Å². The summed E-state index contributed by atoms with van der Waals surface area (Å²) >= 11 is 1.37. The average Bonchev–Trinajstić information content (AvgIpc) is 2.88. The second kappa shape index (κ2) is 6.27. The first-order valence-corrected chi connectivity index (χ1v) is 7.62. The molecule has 0 fully saturated rings. The number of rotatable bonds is 6. The van der Waals surface area contributed by atoms with E-state index in [-0.39, 0.29) is 24.4 Å². The first-order valence-electron chi connectivity index (χ1n) is 6.74. The molecular formula is C14H17N3O4S. The molecule has 0 saturated carbocycles. The zero-order valence-electron chi connectivity index (χ0n) is 12.3. The van der Waals surface area contributed by atoms with Gasteiger partial charge in [0.1, 0.15) is 11.4 Å². The van der Waals surface area contributed by atoms with Crippen molar-refractivity contribution in [3.05, 3.63) is 28.1 Å². The topological polar surface area (TPSA) is 101 Å². The summed E-state index contributed by atoms with van der Waals surface area (Å²) in [6.07, 6.45) is 1.63. The fourth-order valence-electron chi connectivity index (χ4n) is 2.06. The molecule has 0 atom stereocenters. The molecule has 0 unspecified atom stereocenters. The molecule has 0 bridgehead atoms. The van der Waals surface area contributed by atoms with Gasteiger partial charge in [-0.3, -0.25) is 19.0 Å². The highest BCUT2D eigenvalue weighted by atomic mass is 32.1. The number of nitrogens with zero attached hydrogens (tertiary/aromatic N) is 2. The van der Waals surface area contributed by atoms with Gasteiger partial charge in [0.2, 0.25) is 5.91 Å². The summed E-state index contributed by atoms with van der Waals surface area (Å²) in [6.45, 7) is 3.35. The summed E-state index contributed by atoms with van der Waals surface area (Å²) in [6, 6.07) is 1.68. The number of carboxylic acids is 1. The quantitative estimate of drug-likeness (QED) is 0.832. The molecule has 0 saturated heterocycles. The number of hydrogen-bond donors (Lipinski definition) is 2. The van der Waals surface area contributed by atoms with Crippen LogP contribution in [0.1, 0.15) is 26.7 Å². The van der Waals surface area contributed by atoms with Crippen LogP contribution in [0.3, 0.4) is 0 Å². The van der Waals surface area contributed by atoms with E-state index in [1.807, 2.05) is 0 Å². The lowest BCUT2D eigenvalue weighted by Gasteiger charge is -2.25. The Labute approximate surface area is 130 Å². The van der Waals surface area contributed by atoms with Gasteiger partial charge in [0.25, 0.3) is 5.56 Å². The number of carboxylic acid groups (broad SMARTS) is 1. The lowest BCUT2D eigenvalue weighted by molar-refractivity contribution is -0.137. The molecule has 0 aromatic carbocycles. The van der Waals surface area contributed by atoms with E-state index in [0.29, 0.717) is 16.6 Å². The first-order chi connectivity index (χ1) is 10.3. The molecule has 8 heteroatoms. The normalized spacial score (nSPS) is 11.5. The Morgan fingerprint density at radius 2 is 2.18 bits per heavy atom. The summed E-state index contributed by atoms with van der Waals surface area (Å²) in [4.78, 5) is 39.6. The van der Waals surface area contributed by atoms with Crippen LogP contribution in [0.25, 0.3) is 10.2 Å². The maximum atomic E-state index is 12.2. The van der Waals surface area contributed by atoms with E-state index < -0.39 is 11.5 Å². The highest BCUT2D eigenvalue weighted by Gasteiger charge is 2.22. The molecule has 7 nitrogen and oxygen atoms in total. The maximum Gasteiger partial charge on any atom is 0.303 e. The van der Waals surface area contributed by atoms with Crippen LogP contribution in [0.4, 0.5) is 0 Å². The lowest BCUT2D eigenvalue weighted by Crippen LogP contribution is -2.46. The summed E-state index contributed by atoms with van der Waals surface area (Å²) in [5, 5.41) is 13.7. The van der Waals surface area contributed by atoms with E-state index in [1.54, 1.807) is 25.3 Å². The number of aliphatic carboxylic acids is 1. The number of carbonyl (C=O) groups excluding carboxylic acids is 1. The monoisotopic (exact) mass is 323 g/mol. The van der Waals surface area contributed by atoms with E-state index in [1.165, 1.54) is 22.2 Å². The van der Waals surface area contributed by atoms with E-state index in [2.05, 4.69) is 10.3 Å². The van der Waals surface area contributed by atoms with Crippen molar-refractivity contribution in [1.82, 2.24) is 14.9 Å². The van der Waals surface area contributed by atoms with Gasteiger partial charge in [0.05, 0.1) is 11.7 Å². The summed E-state index contributed by atoms with van der Waals surface area (Å²) in [7, 11) is 0. The van der Waals surface area contributed by atoms with Crippen molar-refractivity contribution in [2.75, 3.05) is 0 Å². The van der Waals surface area contributed by atoms with Gasteiger partial charge in [-0.25, -0.2) is 4.98 Å². The number of amides is 1. The molecule has 0 aliphatic rings. The molecule has 0 aliphatic heterocycles. The molecule has 22 heavy (non-hydrogen) atoms. The molecule has 2 aromatic rings. The first kappa shape index (κ1) is 16.2. The molecule has 0 aliphatic carbocycles. The van der Waals surface area contributed by atoms with Crippen LogP contribution in [0.5, 0.6) is 0 Å². The van der Waals surface area contributed by atoms with Crippen LogP contribution >= 0.6 is 11.3 Å². The fourth-order valence-corrected chi connectivity index (χ4v) is 2.78. The van der Waals surface area contributed by atoms with Gasteiger partial charge in [-0.1, -0.05) is 0 Å². The SMILES string of the molecule is CC(C)(CCC(=O)O)NC(=O)Cn1cnc2sccc2c1=O. The standard InChI is InChI=1S/C14H17N3O4S/c1-14(2,5-3-11(19)20)16-10(18)7-17-8-15-12-9(13(17)21)4-6-22-12/h4,6,8H,3,5,7H2,1-2H3,(H,16,18)(H,19,20). The van der Waals surface area contributed by atoms with Crippen LogP contribution in [0, 0.1) is 0 Å². The summed E-state index contributed by atoms with van der Waals surface area (Å²) in [5.41, 5.74) is -0.913. The molecule has 2 N–H and O–H groups in total. The Hall–Kier alpha value is -2.22. The third-order valence-electron chi connectivity index (χ3n) is 3.21. The van der Waals surface area contributed by atoms with Crippen molar-refractivity contribution in [2.24, 2.45) is 0 Å². The Morgan fingerprint density at radius 1 is 1.45 bits per heavy atom. The summed E-state index contributed by atoms with van der Waals surface area (Å²) < 4.78 is 1.25. The minimum atomic E-state index is -0.911. The Kier molecular flexibility index (Phi) is 4.60. The number of thiophene rings is 1. The van der Waals surface area contributed by atoms with Crippen LogP contribution < -0.4 is 10.9 Å². The van der Waals surface area contributed by atoms with Gasteiger partial charge in [-0.05, 0) is 31.7 Å². The van der Waals surface area contributed by atoms with Crippen molar-refractivity contribution in [3.8, 4) is 0 Å². The number of hydrogen-bond acceptors (Lipinski definition) is 5.